The van der Waals surface area contributed by atoms with Crippen LogP contribution in [0.5, 0.6) is 0 Å². The van der Waals surface area contributed by atoms with Crippen molar-refractivity contribution in [2.75, 3.05) is 0 Å². The summed E-state index contributed by atoms with van der Waals surface area (Å²) >= 11 is 0. The van der Waals surface area contributed by atoms with Gasteiger partial charge in [-0.15, -0.1) is 0 Å². The summed E-state index contributed by atoms with van der Waals surface area (Å²) in [5, 5.41) is 8.19. The molecule has 0 N–H and O–H groups in total. The first-order valence-corrected chi connectivity index (χ1v) is 5.63. The standard InChI is InChI=1S/C12H12N6/c1-2-11(5-17-9-13-7-15-17)4-12(3-1)6-18-10-14-8-16-18/h1-4,7-10H,5-6H2. The van der Waals surface area contributed by atoms with Crippen LogP contribution in [0.15, 0.2) is 49.6 Å². The highest BCUT2D eigenvalue weighted by Gasteiger charge is 1.99. The summed E-state index contributed by atoms with van der Waals surface area (Å²) in [4.78, 5) is 7.86. The number of hydrogen-bond donors (Lipinski definition) is 0. The molecule has 6 heteroatoms. The summed E-state index contributed by atoms with van der Waals surface area (Å²) in [5.41, 5.74) is 2.39. The van der Waals surface area contributed by atoms with E-state index in [9.17, 15) is 0 Å². The number of rotatable bonds is 4. The van der Waals surface area contributed by atoms with E-state index in [1.54, 1.807) is 34.7 Å². The van der Waals surface area contributed by atoms with Crippen LogP contribution in [0.4, 0.5) is 0 Å². The summed E-state index contributed by atoms with van der Waals surface area (Å²) in [5.74, 6) is 0. The molecule has 0 aliphatic carbocycles. The highest BCUT2D eigenvalue weighted by molar-refractivity contribution is 5.23. The minimum absolute atomic E-state index is 0.727. The van der Waals surface area contributed by atoms with Crippen molar-refractivity contribution in [3.63, 3.8) is 0 Å². The molecule has 0 bridgehead atoms. The molecule has 2 aromatic heterocycles. The van der Waals surface area contributed by atoms with E-state index in [1.165, 1.54) is 11.1 Å². The van der Waals surface area contributed by atoms with Gasteiger partial charge in [-0.3, -0.25) is 0 Å². The van der Waals surface area contributed by atoms with Crippen molar-refractivity contribution in [3.8, 4) is 0 Å². The first kappa shape index (κ1) is 10.6. The zero-order chi connectivity index (χ0) is 12.2. The number of hydrogen-bond acceptors (Lipinski definition) is 4. The molecular formula is C12H12N6. The van der Waals surface area contributed by atoms with Gasteiger partial charge in [0.15, 0.2) is 0 Å². The van der Waals surface area contributed by atoms with Crippen LogP contribution in [0.2, 0.25) is 0 Å². The van der Waals surface area contributed by atoms with Gasteiger partial charge in [0.2, 0.25) is 0 Å². The molecule has 0 fully saturated rings. The number of benzene rings is 1. The van der Waals surface area contributed by atoms with Crippen LogP contribution in [0, 0.1) is 0 Å². The molecule has 3 rings (SSSR count). The average Bonchev–Trinajstić information content (AvgIpc) is 3.03. The van der Waals surface area contributed by atoms with Crippen molar-refractivity contribution in [3.05, 3.63) is 60.7 Å². The van der Waals surface area contributed by atoms with Gasteiger partial charge in [0.1, 0.15) is 25.3 Å². The molecule has 90 valence electrons. The summed E-state index contributed by atoms with van der Waals surface area (Å²) in [6.45, 7) is 1.45. The van der Waals surface area contributed by atoms with Crippen molar-refractivity contribution >= 4 is 0 Å². The number of nitrogens with zero attached hydrogens (tertiary/aromatic N) is 6. The third-order valence-electron chi connectivity index (χ3n) is 2.61. The average molecular weight is 240 g/mol. The summed E-state index contributed by atoms with van der Waals surface area (Å²) in [7, 11) is 0. The van der Waals surface area contributed by atoms with E-state index in [4.69, 9.17) is 0 Å². The van der Waals surface area contributed by atoms with Crippen LogP contribution in [0.3, 0.4) is 0 Å². The molecule has 0 aliphatic rings. The summed E-state index contributed by atoms with van der Waals surface area (Å²) in [6.07, 6.45) is 6.51. The molecule has 0 aliphatic heterocycles. The molecular weight excluding hydrogens is 228 g/mol. The van der Waals surface area contributed by atoms with Gasteiger partial charge < -0.3 is 0 Å². The minimum atomic E-state index is 0.727. The molecule has 0 unspecified atom stereocenters. The Morgan fingerprint density at radius 1 is 0.833 bits per heavy atom. The predicted molar refractivity (Wildman–Crippen MR) is 64.7 cm³/mol. The van der Waals surface area contributed by atoms with Crippen molar-refractivity contribution in [2.24, 2.45) is 0 Å². The molecule has 0 radical (unpaired) electrons. The molecule has 2 heterocycles. The maximum Gasteiger partial charge on any atom is 0.137 e. The molecule has 0 saturated heterocycles. The molecule has 1 aromatic carbocycles. The van der Waals surface area contributed by atoms with Crippen LogP contribution in [-0.2, 0) is 13.1 Å². The Bertz CT molecular complexity index is 548. The monoisotopic (exact) mass is 240 g/mol. The van der Waals surface area contributed by atoms with E-state index in [1.807, 2.05) is 6.07 Å². The lowest BCUT2D eigenvalue weighted by Gasteiger charge is -2.05. The van der Waals surface area contributed by atoms with E-state index >= 15 is 0 Å². The first-order chi connectivity index (χ1) is 8.90. The normalized spacial score (nSPS) is 10.7. The largest absolute Gasteiger partial charge is 0.249 e. The molecule has 6 nitrogen and oxygen atoms in total. The molecule has 18 heavy (non-hydrogen) atoms. The van der Waals surface area contributed by atoms with Gasteiger partial charge in [-0.05, 0) is 11.1 Å². The third-order valence-corrected chi connectivity index (χ3v) is 2.61. The molecule has 0 atom stereocenters. The lowest BCUT2D eigenvalue weighted by Crippen LogP contribution is -2.03. The Morgan fingerprint density at radius 2 is 1.39 bits per heavy atom. The lowest BCUT2D eigenvalue weighted by molar-refractivity contribution is 0.672. The van der Waals surface area contributed by atoms with E-state index < -0.39 is 0 Å². The molecule has 0 spiro atoms. The van der Waals surface area contributed by atoms with Crippen molar-refractivity contribution in [2.45, 2.75) is 13.1 Å². The quantitative estimate of drug-likeness (QED) is 0.681. The predicted octanol–water partition coefficient (Wildman–Crippen LogP) is 0.966. The van der Waals surface area contributed by atoms with Gasteiger partial charge in [-0.2, -0.15) is 10.2 Å². The highest BCUT2D eigenvalue weighted by Crippen LogP contribution is 2.07. The Kier molecular flexibility index (Phi) is 2.83. The lowest BCUT2D eigenvalue weighted by atomic mass is 10.1. The van der Waals surface area contributed by atoms with E-state index in [0.29, 0.717) is 0 Å². The summed E-state index contributed by atoms with van der Waals surface area (Å²) < 4.78 is 3.60. The highest BCUT2D eigenvalue weighted by atomic mass is 15.3. The molecule has 0 saturated carbocycles. The van der Waals surface area contributed by atoms with Crippen LogP contribution in [0.25, 0.3) is 0 Å². The van der Waals surface area contributed by atoms with Gasteiger partial charge >= 0.3 is 0 Å². The van der Waals surface area contributed by atoms with Gasteiger partial charge in [0.25, 0.3) is 0 Å². The van der Waals surface area contributed by atoms with Gasteiger partial charge in [-0.1, -0.05) is 24.3 Å². The van der Waals surface area contributed by atoms with Crippen molar-refractivity contribution < 1.29 is 0 Å². The van der Waals surface area contributed by atoms with Gasteiger partial charge in [0.05, 0.1) is 13.1 Å². The third kappa shape index (κ3) is 2.42. The van der Waals surface area contributed by atoms with Crippen LogP contribution in [-0.4, -0.2) is 29.5 Å². The Labute approximate surface area is 104 Å². The second kappa shape index (κ2) is 4.79. The second-order valence-electron chi connectivity index (χ2n) is 4.01. The van der Waals surface area contributed by atoms with Crippen molar-refractivity contribution in [1.82, 2.24) is 29.5 Å². The van der Waals surface area contributed by atoms with E-state index in [0.717, 1.165) is 13.1 Å². The maximum absolute atomic E-state index is 4.09. The van der Waals surface area contributed by atoms with Crippen LogP contribution in [0.1, 0.15) is 11.1 Å². The Balaban J connectivity index is 1.76. The van der Waals surface area contributed by atoms with E-state index in [-0.39, 0.29) is 0 Å². The SMILES string of the molecule is c1cc(Cn2cncn2)cc(Cn2cncn2)c1. The smallest absolute Gasteiger partial charge is 0.137 e. The zero-order valence-electron chi connectivity index (χ0n) is 9.72. The van der Waals surface area contributed by atoms with Crippen LogP contribution < -0.4 is 0 Å². The maximum atomic E-state index is 4.09. The summed E-state index contributed by atoms with van der Waals surface area (Å²) in [6, 6.07) is 8.33. The fraction of sp³-hybridized carbons (Fsp3) is 0.167. The second-order valence-corrected chi connectivity index (χ2v) is 4.01. The first-order valence-electron chi connectivity index (χ1n) is 5.63. The van der Waals surface area contributed by atoms with Gasteiger partial charge in [-0.25, -0.2) is 19.3 Å². The molecule has 0 amide bonds. The zero-order valence-corrected chi connectivity index (χ0v) is 9.72. The fourth-order valence-corrected chi connectivity index (χ4v) is 1.83. The Hall–Kier alpha value is -2.50. The van der Waals surface area contributed by atoms with E-state index in [2.05, 4.69) is 38.4 Å². The molecule has 3 aromatic rings. The fourth-order valence-electron chi connectivity index (χ4n) is 1.83. The Morgan fingerprint density at radius 3 is 1.83 bits per heavy atom. The van der Waals surface area contributed by atoms with Crippen LogP contribution >= 0.6 is 0 Å². The number of aromatic nitrogens is 6. The topological polar surface area (TPSA) is 61.4 Å². The van der Waals surface area contributed by atoms with Crippen molar-refractivity contribution in [1.29, 1.82) is 0 Å². The van der Waals surface area contributed by atoms with Gasteiger partial charge in [0, 0.05) is 0 Å². The minimum Gasteiger partial charge on any atom is -0.249 e.